The molecule has 2 N–H and O–H groups in total. The normalized spacial score (nSPS) is 10.6. The summed E-state index contributed by atoms with van der Waals surface area (Å²) < 4.78 is 3.10. The van der Waals surface area contributed by atoms with Crippen molar-refractivity contribution >= 4 is 29.3 Å². The average Bonchev–Trinajstić information content (AvgIpc) is 2.91. The van der Waals surface area contributed by atoms with E-state index in [1.165, 1.54) is 10.1 Å². The molecule has 0 aliphatic rings. The number of halogens is 1. The Hall–Kier alpha value is -2.57. The number of hydrogen-bond acceptors (Lipinski definition) is 3. The van der Waals surface area contributed by atoms with Crippen LogP contribution in [0.15, 0.2) is 59.4 Å². The minimum Gasteiger partial charge on any atom is -0.340 e. The number of carbonyl (C=O) groups excluding carboxylic acids is 1. The van der Waals surface area contributed by atoms with E-state index in [9.17, 15) is 9.59 Å². The Morgan fingerprint density at radius 3 is 2.30 bits per heavy atom. The van der Waals surface area contributed by atoms with E-state index in [0.717, 1.165) is 17.5 Å². The van der Waals surface area contributed by atoms with Crippen molar-refractivity contribution in [2.45, 2.75) is 13.0 Å². The molecular weight excluding hydrogens is 364 g/mol. The summed E-state index contributed by atoms with van der Waals surface area (Å²) in [5.74, 6) is -0.0927. The molecule has 0 bridgehead atoms. The summed E-state index contributed by atoms with van der Waals surface area (Å²) in [6.07, 6.45) is 0.761. The number of nitrogens with two attached hydrogens (primary N) is 1. The maximum absolute atomic E-state index is 12.8. The molecule has 6 nitrogen and oxygen atoms in total. The number of nitrogens with zero attached hydrogens (tertiary/aromatic N) is 3. The fraction of sp³-hybridized carbons (Fsp3) is 0.300. The van der Waals surface area contributed by atoms with Gasteiger partial charge in [0.05, 0.1) is 11.0 Å². The summed E-state index contributed by atoms with van der Waals surface area (Å²) in [4.78, 5) is 27.1. The van der Waals surface area contributed by atoms with Gasteiger partial charge in [0.25, 0.3) is 0 Å². The van der Waals surface area contributed by atoms with E-state index in [2.05, 4.69) is 0 Å². The summed E-state index contributed by atoms with van der Waals surface area (Å²) in [5.41, 5.74) is 8.26. The van der Waals surface area contributed by atoms with Gasteiger partial charge in [-0.1, -0.05) is 42.5 Å². The van der Waals surface area contributed by atoms with Crippen LogP contribution in [-0.4, -0.2) is 39.6 Å². The number of aromatic nitrogens is 2. The van der Waals surface area contributed by atoms with Crippen LogP contribution in [0.1, 0.15) is 5.56 Å². The van der Waals surface area contributed by atoms with Crippen molar-refractivity contribution in [1.29, 1.82) is 0 Å². The molecule has 1 aromatic heterocycles. The SMILES string of the molecule is Cl.Cn1c(=O)n(CC(=O)N(CCN)CCc2ccccc2)c2ccccc21. The Kier molecular flexibility index (Phi) is 7.21. The number of imidazole rings is 1. The summed E-state index contributed by atoms with van der Waals surface area (Å²) in [7, 11) is 1.72. The van der Waals surface area contributed by atoms with Crippen molar-refractivity contribution in [3.05, 3.63) is 70.6 Å². The molecule has 0 fully saturated rings. The molecular formula is C20H25ClN4O2. The molecule has 0 radical (unpaired) electrons. The van der Waals surface area contributed by atoms with Gasteiger partial charge in [-0.15, -0.1) is 12.4 Å². The highest BCUT2D eigenvalue weighted by molar-refractivity contribution is 5.85. The Balaban J connectivity index is 0.00000261. The molecule has 1 amide bonds. The van der Waals surface area contributed by atoms with Crippen LogP contribution >= 0.6 is 12.4 Å². The molecule has 2 aromatic carbocycles. The molecule has 27 heavy (non-hydrogen) atoms. The number of aryl methyl sites for hydroxylation is 1. The van der Waals surface area contributed by atoms with Gasteiger partial charge in [-0.3, -0.25) is 13.9 Å². The van der Waals surface area contributed by atoms with Gasteiger partial charge < -0.3 is 10.6 Å². The van der Waals surface area contributed by atoms with Gasteiger partial charge in [-0.05, 0) is 24.1 Å². The van der Waals surface area contributed by atoms with Gasteiger partial charge in [0.1, 0.15) is 6.54 Å². The van der Waals surface area contributed by atoms with Crippen LogP contribution in [0.4, 0.5) is 0 Å². The maximum atomic E-state index is 12.8. The quantitative estimate of drug-likeness (QED) is 0.670. The molecule has 0 spiro atoms. The van der Waals surface area contributed by atoms with Crippen LogP contribution in [0.5, 0.6) is 0 Å². The third-order valence-electron chi connectivity index (χ3n) is 4.61. The van der Waals surface area contributed by atoms with Gasteiger partial charge in [0.15, 0.2) is 0 Å². The summed E-state index contributed by atoms with van der Waals surface area (Å²) in [5, 5.41) is 0. The third kappa shape index (κ3) is 4.59. The van der Waals surface area contributed by atoms with Crippen LogP contribution in [-0.2, 0) is 24.8 Å². The van der Waals surface area contributed by atoms with E-state index in [4.69, 9.17) is 5.73 Å². The zero-order chi connectivity index (χ0) is 18.5. The number of rotatable bonds is 7. The van der Waals surface area contributed by atoms with Gasteiger partial charge >= 0.3 is 5.69 Å². The van der Waals surface area contributed by atoms with E-state index in [1.807, 2.05) is 54.6 Å². The largest absolute Gasteiger partial charge is 0.340 e. The zero-order valence-corrected chi connectivity index (χ0v) is 16.2. The highest BCUT2D eigenvalue weighted by atomic mass is 35.5. The second-order valence-electron chi connectivity index (χ2n) is 6.32. The number of fused-ring (bicyclic) bond motifs is 1. The van der Waals surface area contributed by atoms with E-state index in [1.54, 1.807) is 16.5 Å². The van der Waals surface area contributed by atoms with Crippen molar-refractivity contribution < 1.29 is 4.79 Å². The maximum Gasteiger partial charge on any atom is 0.329 e. The summed E-state index contributed by atoms with van der Waals surface area (Å²) >= 11 is 0. The van der Waals surface area contributed by atoms with Crippen molar-refractivity contribution in [2.75, 3.05) is 19.6 Å². The first-order chi connectivity index (χ1) is 12.6. The minimum atomic E-state index is -0.185. The first kappa shape index (κ1) is 20.7. The number of amides is 1. The van der Waals surface area contributed by atoms with E-state index in [-0.39, 0.29) is 30.5 Å². The smallest absolute Gasteiger partial charge is 0.329 e. The van der Waals surface area contributed by atoms with Crippen LogP contribution in [0.3, 0.4) is 0 Å². The lowest BCUT2D eigenvalue weighted by Gasteiger charge is -2.22. The van der Waals surface area contributed by atoms with Crippen molar-refractivity contribution in [3.8, 4) is 0 Å². The van der Waals surface area contributed by atoms with E-state index >= 15 is 0 Å². The molecule has 0 atom stereocenters. The number of carbonyl (C=O) groups is 1. The first-order valence-corrected chi connectivity index (χ1v) is 8.78. The minimum absolute atomic E-state index is 0. The third-order valence-corrected chi connectivity index (χ3v) is 4.61. The highest BCUT2D eigenvalue weighted by Crippen LogP contribution is 2.12. The van der Waals surface area contributed by atoms with Gasteiger partial charge in [-0.2, -0.15) is 0 Å². The Bertz CT molecular complexity index is 950. The van der Waals surface area contributed by atoms with E-state index in [0.29, 0.717) is 19.6 Å². The number of hydrogen-bond donors (Lipinski definition) is 1. The highest BCUT2D eigenvalue weighted by Gasteiger charge is 2.17. The van der Waals surface area contributed by atoms with Crippen molar-refractivity contribution in [3.63, 3.8) is 0 Å². The number of benzene rings is 2. The zero-order valence-electron chi connectivity index (χ0n) is 15.4. The summed E-state index contributed by atoms with van der Waals surface area (Å²) in [6.45, 7) is 1.48. The lowest BCUT2D eigenvalue weighted by Crippen LogP contribution is -2.40. The topological polar surface area (TPSA) is 73.3 Å². The van der Waals surface area contributed by atoms with Crippen LogP contribution in [0.2, 0.25) is 0 Å². The fourth-order valence-corrected chi connectivity index (χ4v) is 3.18. The molecule has 0 unspecified atom stereocenters. The standard InChI is InChI=1S/C20H24N4O2.ClH/c1-22-17-9-5-6-10-18(17)24(20(22)26)15-19(25)23(14-12-21)13-11-16-7-3-2-4-8-16;/h2-10H,11-15,21H2,1H3;1H. The lowest BCUT2D eigenvalue weighted by molar-refractivity contribution is -0.131. The van der Waals surface area contributed by atoms with Gasteiger partial charge in [0.2, 0.25) is 5.91 Å². The fourth-order valence-electron chi connectivity index (χ4n) is 3.18. The predicted molar refractivity (Wildman–Crippen MR) is 110 cm³/mol. The molecule has 0 saturated carbocycles. The second kappa shape index (κ2) is 9.39. The van der Waals surface area contributed by atoms with Crippen LogP contribution in [0.25, 0.3) is 11.0 Å². The summed E-state index contributed by atoms with van der Waals surface area (Å²) in [6, 6.07) is 17.5. The molecule has 0 aliphatic heterocycles. The predicted octanol–water partition coefficient (Wildman–Crippen LogP) is 1.79. The monoisotopic (exact) mass is 388 g/mol. The van der Waals surface area contributed by atoms with Gasteiger partial charge in [0, 0.05) is 26.7 Å². The molecule has 144 valence electrons. The molecule has 1 heterocycles. The average molecular weight is 389 g/mol. The Morgan fingerprint density at radius 1 is 1.00 bits per heavy atom. The van der Waals surface area contributed by atoms with Crippen LogP contribution < -0.4 is 11.4 Å². The van der Waals surface area contributed by atoms with Crippen molar-refractivity contribution in [2.24, 2.45) is 12.8 Å². The molecule has 7 heteroatoms. The van der Waals surface area contributed by atoms with Gasteiger partial charge in [-0.25, -0.2) is 4.79 Å². The lowest BCUT2D eigenvalue weighted by atomic mass is 10.1. The molecule has 0 aliphatic carbocycles. The second-order valence-corrected chi connectivity index (χ2v) is 6.32. The Morgan fingerprint density at radius 2 is 1.63 bits per heavy atom. The Labute approximate surface area is 164 Å². The van der Waals surface area contributed by atoms with Crippen molar-refractivity contribution in [1.82, 2.24) is 14.0 Å². The molecule has 0 saturated heterocycles. The first-order valence-electron chi connectivity index (χ1n) is 8.78. The molecule has 3 aromatic rings. The molecule has 3 rings (SSSR count). The van der Waals surface area contributed by atoms with Crippen LogP contribution in [0, 0.1) is 0 Å². The number of para-hydroxylation sites is 2. The van der Waals surface area contributed by atoms with E-state index < -0.39 is 0 Å².